The molecule has 0 bridgehead atoms. The van der Waals surface area contributed by atoms with E-state index in [0.29, 0.717) is 12.2 Å². The molecule has 0 spiro atoms. The van der Waals surface area contributed by atoms with Crippen LogP contribution in [-0.2, 0) is 25.5 Å². The van der Waals surface area contributed by atoms with Gasteiger partial charge in [-0.2, -0.15) is 0 Å². The van der Waals surface area contributed by atoms with E-state index in [9.17, 15) is 9.59 Å². The number of ether oxygens (including phenoxy) is 2. The number of methoxy groups -OCH3 is 1. The van der Waals surface area contributed by atoms with Crippen molar-refractivity contribution in [2.75, 3.05) is 13.7 Å². The third-order valence-corrected chi connectivity index (χ3v) is 2.69. The van der Waals surface area contributed by atoms with Gasteiger partial charge in [-0.15, -0.1) is 0 Å². The maximum absolute atomic E-state index is 10.3. The molecule has 0 heterocycles. The van der Waals surface area contributed by atoms with E-state index in [4.69, 9.17) is 0 Å². The Bertz CT molecular complexity index is 478. The molecule has 4 heteroatoms. The van der Waals surface area contributed by atoms with Crippen LogP contribution in [0.4, 0.5) is 0 Å². The second-order valence-corrected chi connectivity index (χ2v) is 4.84. The fourth-order valence-electron chi connectivity index (χ4n) is 1.26. The summed E-state index contributed by atoms with van der Waals surface area (Å²) < 4.78 is 8.95. The summed E-state index contributed by atoms with van der Waals surface area (Å²) in [5.41, 5.74) is 1.84. The number of hydrogen-bond donors (Lipinski definition) is 0. The largest absolute Gasteiger partial charge is 0.466 e. The van der Waals surface area contributed by atoms with Crippen molar-refractivity contribution in [1.82, 2.24) is 0 Å². The standard InChI is InChI=1S/C8H10.C7H12O2.C5H8O2/c1-2-8-6-4-3-5-7-8;1-3-5-6-9-7(8)4-2;1-4(2)5(6)7-3/h3-7H,2H2,1H3;4H,2-3,5-6H2,1H3;1H2,2-3H3. The fraction of sp³-hybridized carbons (Fsp3) is 0.400. The van der Waals surface area contributed by atoms with E-state index in [1.807, 2.05) is 13.0 Å². The van der Waals surface area contributed by atoms with E-state index in [-0.39, 0.29) is 11.9 Å². The Morgan fingerprint density at radius 3 is 2.04 bits per heavy atom. The summed E-state index contributed by atoms with van der Waals surface area (Å²) in [5, 5.41) is 0. The summed E-state index contributed by atoms with van der Waals surface area (Å²) in [6, 6.07) is 10.5. The van der Waals surface area contributed by atoms with Crippen molar-refractivity contribution in [3.05, 3.63) is 60.7 Å². The average Bonchev–Trinajstić information content (AvgIpc) is 2.62. The molecule has 4 nitrogen and oxygen atoms in total. The van der Waals surface area contributed by atoms with Gasteiger partial charge in [0.2, 0.25) is 0 Å². The molecule has 0 fully saturated rings. The van der Waals surface area contributed by atoms with Gasteiger partial charge >= 0.3 is 11.9 Å². The molecule has 1 aromatic carbocycles. The minimum atomic E-state index is -0.347. The normalized spacial score (nSPS) is 8.50. The Morgan fingerprint density at radius 2 is 1.75 bits per heavy atom. The van der Waals surface area contributed by atoms with Crippen molar-refractivity contribution < 1.29 is 19.1 Å². The first-order chi connectivity index (χ1) is 11.4. The van der Waals surface area contributed by atoms with Crippen LogP contribution in [0, 0.1) is 0 Å². The molecule has 24 heavy (non-hydrogen) atoms. The zero-order chi connectivity index (χ0) is 18.8. The van der Waals surface area contributed by atoms with E-state index in [1.165, 1.54) is 18.7 Å². The first-order valence-electron chi connectivity index (χ1n) is 7.99. The molecule has 0 unspecified atom stereocenters. The number of benzene rings is 1. The van der Waals surface area contributed by atoms with Gasteiger partial charge in [0.1, 0.15) is 0 Å². The summed E-state index contributed by atoms with van der Waals surface area (Å²) >= 11 is 0. The van der Waals surface area contributed by atoms with Gasteiger partial charge in [-0.25, -0.2) is 9.59 Å². The third-order valence-electron chi connectivity index (χ3n) is 2.69. The van der Waals surface area contributed by atoms with Crippen LogP contribution in [0.15, 0.2) is 55.1 Å². The van der Waals surface area contributed by atoms with Crippen LogP contribution >= 0.6 is 0 Å². The molecular formula is C20H30O4. The lowest BCUT2D eigenvalue weighted by atomic mass is 10.2. The van der Waals surface area contributed by atoms with Crippen LogP contribution in [0.1, 0.15) is 39.2 Å². The smallest absolute Gasteiger partial charge is 0.332 e. The van der Waals surface area contributed by atoms with Crippen molar-refractivity contribution in [3.8, 4) is 0 Å². The predicted octanol–water partition coefficient (Wildman–Crippen LogP) is 4.50. The van der Waals surface area contributed by atoms with Crippen molar-refractivity contribution in [2.24, 2.45) is 0 Å². The van der Waals surface area contributed by atoms with Gasteiger partial charge in [-0.3, -0.25) is 0 Å². The average molecular weight is 334 g/mol. The molecule has 0 N–H and O–H groups in total. The van der Waals surface area contributed by atoms with Gasteiger partial charge in [0.05, 0.1) is 13.7 Å². The molecule has 0 aliphatic carbocycles. The highest BCUT2D eigenvalue weighted by Crippen LogP contribution is 1.96. The monoisotopic (exact) mass is 334 g/mol. The van der Waals surface area contributed by atoms with E-state index < -0.39 is 0 Å². The Kier molecular flexibility index (Phi) is 16.9. The summed E-state index contributed by atoms with van der Waals surface area (Å²) in [4.78, 5) is 20.5. The molecule has 0 aliphatic heterocycles. The van der Waals surface area contributed by atoms with Crippen LogP contribution in [-0.4, -0.2) is 25.7 Å². The quantitative estimate of drug-likeness (QED) is 0.437. The number of rotatable bonds is 6. The topological polar surface area (TPSA) is 52.6 Å². The number of unbranched alkanes of at least 4 members (excludes halogenated alkanes) is 1. The molecule has 0 radical (unpaired) electrons. The Labute approximate surface area is 146 Å². The highest BCUT2D eigenvalue weighted by Gasteiger charge is 1.95. The number of aryl methyl sites for hydroxylation is 1. The summed E-state index contributed by atoms with van der Waals surface area (Å²) in [6.45, 7) is 12.9. The highest BCUT2D eigenvalue weighted by atomic mass is 16.5. The van der Waals surface area contributed by atoms with Gasteiger partial charge < -0.3 is 9.47 Å². The second-order valence-electron chi connectivity index (χ2n) is 4.84. The van der Waals surface area contributed by atoms with E-state index in [1.54, 1.807) is 6.92 Å². The zero-order valence-corrected chi connectivity index (χ0v) is 15.3. The Balaban J connectivity index is 0. The van der Waals surface area contributed by atoms with Crippen LogP contribution in [0.2, 0.25) is 0 Å². The minimum Gasteiger partial charge on any atom is -0.466 e. The van der Waals surface area contributed by atoms with E-state index >= 15 is 0 Å². The molecular weight excluding hydrogens is 304 g/mol. The SMILES string of the molecule is C=C(C)C(=O)OC.C=CC(=O)OCCCC.CCc1ccccc1. The summed E-state index contributed by atoms with van der Waals surface area (Å²) in [5.74, 6) is -0.677. The summed E-state index contributed by atoms with van der Waals surface area (Å²) in [7, 11) is 1.33. The van der Waals surface area contributed by atoms with Crippen LogP contribution in [0.3, 0.4) is 0 Å². The molecule has 1 aromatic rings. The molecule has 0 atom stereocenters. The number of esters is 2. The number of hydrogen-bond acceptors (Lipinski definition) is 4. The van der Waals surface area contributed by atoms with Gasteiger partial charge in [-0.05, 0) is 25.3 Å². The van der Waals surface area contributed by atoms with Crippen LogP contribution in [0.5, 0.6) is 0 Å². The van der Waals surface area contributed by atoms with Crippen molar-refractivity contribution >= 4 is 11.9 Å². The first-order valence-corrected chi connectivity index (χ1v) is 7.99. The zero-order valence-electron chi connectivity index (χ0n) is 15.3. The van der Waals surface area contributed by atoms with E-state index in [0.717, 1.165) is 19.3 Å². The van der Waals surface area contributed by atoms with Crippen molar-refractivity contribution in [3.63, 3.8) is 0 Å². The van der Waals surface area contributed by atoms with Crippen LogP contribution < -0.4 is 0 Å². The van der Waals surface area contributed by atoms with Gasteiger partial charge in [0.15, 0.2) is 0 Å². The lowest BCUT2D eigenvalue weighted by molar-refractivity contribution is -0.138. The Morgan fingerprint density at radius 1 is 1.17 bits per heavy atom. The van der Waals surface area contributed by atoms with Gasteiger partial charge in [0.25, 0.3) is 0 Å². The predicted molar refractivity (Wildman–Crippen MR) is 98.7 cm³/mol. The molecule has 0 saturated heterocycles. The van der Waals surface area contributed by atoms with Crippen LogP contribution in [0.25, 0.3) is 0 Å². The van der Waals surface area contributed by atoms with Crippen molar-refractivity contribution in [2.45, 2.75) is 40.0 Å². The lowest BCUT2D eigenvalue weighted by Gasteiger charge is -1.97. The number of carbonyl (C=O) groups is 2. The highest BCUT2D eigenvalue weighted by molar-refractivity contribution is 5.86. The number of carbonyl (C=O) groups excluding carboxylic acids is 2. The molecule has 0 aliphatic rings. The van der Waals surface area contributed by atoms with E-state index in [2.05, 4.69) is 53.8 Å². The molecule has 0 aromatic heterocycles. The third kappa shape index (κ3) is 16.0. The van der Waals surface area contributed by atoms with Gasteiger partial charge in [-0.1, -0.05) is 63.8 Å². The fourth-order valence-corrected chi connectivity index (χ4v) is 1.26. The molecule has 0 amide bonds. The first kappa shape index (κ1) is 23.9. The lowest BCUT2D eigenvalue weighted by Crippen LogP contribution is -2.00. The molecule has 0 saturated carbocycles. The Hall–Kier alpha value is -2.36. The maximum atomic E-state index is 10.3. The molecule has 134 valence electrons. The minimum absolute atomic E-state index is 0.330. The maximum Gasteiger partial charge on any atom is 0.332 e. The second kappa shape index (κ2) is 17.0. The van der Waals surface area contributed by atoms with Crippen molar-refractivity contribution in [1.29, 1.82) is 0 Å². The van der Waals surface area contributed by atoms with Gasteiger partial charge in [0, 0.05) is 11.6 Å². The molecule has 1 rings (SSSR count). The summed E-state index contributed by atoms with van der Waals surface area (Å²) in [6.07, 6.45) is 4.29.